The zero-order valence-corrected chi connectivity index (χ0v) is 26.3. The minimum atomic E-state index is 0.626. The fourth-order valence-electron chi connectivity index (χ4n) is 6.58. The van der Waals surface area contributed by atoms with Gasteiger partial charge in [0.1, 0.15) is 5.52 Å². The summed E-state index contributed by atoms with van der Waals surface area (Å²) >= 11 is 1.73. The number of thiophene rings is 1. The highest BCUT2D eigenvalue weighted by molar-refractivity contribution is 7.26. The fourth-order valence-corrected chi connectivity index (χ4v) is 7.81. The Morgan fingerprint density at radius 1 is 0.438 bits per heavy atom. The second kappa shape index (κ2) is 10.7. The molecular formula is C42H24N4OS. The van der Waals surface area contributed by atoms with Crippen LogP contribution < -0.4 is 0 Å². The molecule has 0 saturated heterocycles. The van der Waals surface area contributed by atoms with Crippen LogP contribution in [0.15, 0.2) is 150 Å². The van der Waals surface area contributed by atoms with Gasteiger partial charge in [-0.05, 0) is 57.9 Å². The summed E-state index contributed by atoms with van der Waals surface area (Å²) < 4.78 is 8.49. The molecule has 0 radical (unpaired) electrons. The van der Waals surface area contributed by atoms with Crippen molar-refractivity contribution in [2.24, 2.45) is 0 Å². The Balaban J connectivity index is 1.17. The van der Waals surface area contributed by atoms with Gasteiger partial charge in [-0.1, -0.05) is 109 Å². The molecule has 0 saturated carbocycles. The van der Waals surface area contributed by atoms with Gasteiger partial charge in [0, 0.05) is 42.4 Å². The molecule has 0 atom stereocenters. The summed E-state index contributed by atoms with van der Waals surface area (Å²) in [5.41, 5.74) is 5.43. The summed E-state index contributed by atoms with van der Waals surface area (Å²) in [4.78, 5) is 20.1. The summed E-state index contributed by atoms with van der Waals surface area (Å²) in [6, 6.07) is 50.0. The monoisotopic (exact) mass is 632 g/mol. The van der Waals surface area contributed by atoms with Crippen LogP contribution in [-0.4, -0.2) is 19.9 Å². The lowest BCUT2D eigenvalue weighted by Crippen LogP contribution is -2.00. The lowest BCUT2D eigenvalue weighted by Gasteiger charge is -2.10. The first kappa shape index (κ1) is 26.9. The van der Waals surface area contributed by atoms with E-state index in [9.17, 15) is 0 Å². The molecule has 0 spiro atoms. The van der Waals surface area contributed by atoms with Crippen LogP contribution in [0, 0.1) is 0 Å². The van der Waals surface area contributed by atoms with Gasteiger partial charge in [-0.2, -0.15) is 0 Å². The highest BCUT2D eigenvalue weighted by Crippen LogP contribution is 2.42. The number of hydrogen-bond donors (Lipinski definition) is 0. The maximum absolute atomic E-state index is 6.24. The van der Waals surface area contributed by atoms with E-state index < -0.39 is 0 Å². The molecule has 224 valence electrons. The Morgan fingerprint density at radius 3 is 1.94 bits per heavy atom. The summed E-state index contributed by atoms with van der Waals surface area (Å²) in [6.07, 6.45) is 0. The van der Waals surface area contributed by atoms with Crippen molar-refractivity contribution >= 4 is 64.2 Å². The second-order valence-electron chi connectivity index (χ2n) is 11.9. The van der Waals surface area contributed by atoms with Gasteiger partial charge in [0.15, 0.2) is 23.1 Å². The Kier molecular flexibility index (Phi) is 5.98. The molecule has 0 N–H and O–H groups in total. The van der Waals surface area contributed by atoms with Crippen LogP contribution in [0.4, 0.5) is 0 Å². The molecular weight excluding hydrogens is 609 g/mol. The predicted molar refractivity (Wildman–Crippen MR) is 197 cm³/mol. The number of benzene rings is 7. The SMILES string of the molecule is c1ccc(-c2nc(-c3ccc4ccc5ccccc5c4c3)nc(-c3cccc4c3sc3cc5nc(-c6ccccc6)oc5cc34)n2)cc1. The average Bonchev–Trinajstić information content (AvgIpc) is 3.75. The highest BCUT2D eigenvalue weighted by Gasteiger charge is 2.18. The van der Waals surface area contributed by atoms with E-state index >= 15 is 0 Å². The molecule has 7 aromatic carbocycles. The van der Waals surface area contributed by atoms with E-state index in [0.29, 0.717) is 23.4 Å². The van der Waals surface area contributed by atoms with Gasteiger partial charge in [0.05, 0.1) is 0 Å². The summed E-state index contributed by atoms with van der Waals surface area (Å²) in [5.74, 6) is 2.55. The quantitative estimate of drug-likeness (QED) is 0.181. The van der Waals surface area contributed by atoms with Crippen molar-refractivity contribution in [3.63, 3.8) is 0 Å². The summed E-state index contributed by atoms with van der Waals surface area (Å²) in [6.45, 7) is 0. The lowest BCUT2D eigenvalue weighted by molar-refractivity contribution is 0.620. The molecule has 5 nitrogen and oxygen atoms in total. The van der Waals surface area contributed by atoms with Gasteiger partial charge < -0.3 is 4.42 Å². The molecule has 0 amide bonds. The molecule has 3 heterocycles. The molecule has 48 heavy (non-hydrogen) atoms. The van der Waals surface area contributed by atoms with Crippen LogP contribution >= 0.6 is 11.3 Å². The Hall–Kier alpha value is -6.24. The molecule has 3 aromatic heterocycles. The topological polar surface area (TPSA) is 64.7 Å². The molecule has 0 unspecified atom stereocenters. The number of fused-ring (bicyclic) bond motifs is 7. The van der Waals surface area contributed by atoms with Crippen molar-refractivity contribution in [2.45, 2.75) is 0 Å². The minimum absolute atomic E-state index is 0.626. The maximum Gasteiger partial charge on any atom is 0.227 e. The van der Waals surface area contributed by atoms with E-state index in [-0.39, 0.29) is 0 Å². The van der Waals surface area contributed by atoms with Crippen molar-refractivity contribution in [3.05, 3.63) is 146 Å². The first-order valence-electron chi connectivity index (χ1n) is 15.8. The van der Waals surface area contributed by atoms with E-state index in [1.165, 1.54) is 21.5 Å². The van der Waals surface area contributed by atoms with E-state index in [4.69, 9.17) is 24.4 Å². The average molecular weight is 633 g/mol. The normalized spacial score (nSPS) is 11.8. The molecule has 0 fully saturated rings. The van der Waals surface area contributed by atoms with Crippen molar-refractivity contribution < 1.29 is 4.42 Å². The molecule has 0 aliphatic heterocycles. The van der Waals surface area contributed by atoms with Gasteiger partial charge in [-0.15, -0.1) is 11.3 Å². The number of hydrogen-bond acceptors (Lipinski definition) is 6. The fraction of sp³-hybridized carbons (Fsp3) is 0. The largest absolute Gasteiger partial charge is 0.436 e. The molecule has 10 rings (SSSR count). The standard InChI is InChI=1S/C42H24N4OS/c1-3-11-27(12-4-1)39-44-40(29-21-20-26-19-18-25-10-7-8-15-30(25)33(26)22-29)46-41(45-39)32-17-9-16-31-34-23-36-35(24-37(34)48-38(31)32)43-42(47-36)28-13-5-2-6-14-28/h1-24H. The van der Waals surface area contributed by atoms with Crippen molar-refractivity contribution in [1.29, 1.82) is 0 Å². The molecule has 0 bridgehead atoms. The van der Waals surface area contributed by atoms with E-state index in [2.05, 4.69) is 84.9 Å². The van der Waals surface area contributed by atoms with Crippen LogP contribution in [0.3, 0.4) is 0 Å². The third kappa shape index (κ3) is 4.38. The molecule has 0 aliphatic rings. The summed E-state index contributed by atoms with van der Waals surface area (Å²) in [5, 5.41) is 7.03. The zero-order chi connectivity index (χ0) is 31.6. The third-order valence-electron chi connectivity index (χ3n) is 8.94. The van der Waals surface area contributed by atoms with Crippen molar-refractivity contribution in [1.82, 2.24) is 19.9 Å². The van der Waals surface area contributed by atoms with Crippen molar-refractivity contribution in [3.8, 4) is 45.6 Å². The zero-order valence-electron chi connectivity index (χ0n) is 25.5. The Morgan fingerprint density at radius 2 is 1.10 bits per heavy atom. The number of nitrogens with zero attached hydrogens (tertiary/aromatic N) is 4. The van der Waals surface area contributed by atoms with Crippen LogP contribution in [0.1, 0.15) is 0 Å². The maximum atomic E-state index is 6.24. The first-order chi connectivity index (χ1) is 23.7. The van der Waals surface area contributed by atoms with Gasteiger partial charge in [-0.25, -0.2) is 19.9 Å². The van der Waals surface area contributed by atoms with Gasteiger partial charge in [-0.3, -0.25) is 0 Å². The molecule has 6 heteroatoms. The lowest BCUT2D eigenvalue weighted by atomic mass is 10.00. The molecule has 10 aromatic rings. The number of rotatable bonds is 4. The first-order valence-corrected chi connectivity index (χ1v) is 16.6. The summed E-state index contributed by atoms with van der Waals surface area (Å²) in [7, 11) is 0. The van der Waals surface area contributed by atoms with Gasteiger partial charge in [0.25, 0.3) is 0 Å². The Labute approximate surface area is 278 Å². The van der Waals surface area contributed by atoms with Crippen LogP contribution in [-0.2, 0) is 0 Å². The smallest absolute Gasteiger partial charge is 0.227 e. The van der Waals surface area contributed by atoms with E-state index in [0.717, 1.165) is 53.5 Å². The third-order valence-corrected chi connectivity index (χ3v) is 10.1. The predicted octanol–water partition coefficient (Wildman–Crippen LogP) is 11.4. The van der Waals surface area contributed by atoms with Crippen molar-refractivity contribution in [2.75, 3.05) is 0 Å². The van der Waals surface area contributed by atoms with Crippen LogP contribution in [0.2, 0.25) is 0 Å². The van der Waals surface area contributed by atoms with E-state index in [1.807, 2.05) is 60.7 Å². The highest BCUT2D eigenvalue weighted by atomic mass is 32.1. The van der Waals surface area contributed by atoms with Crippen LogP contribution in [0.5, 0.6) is 0 Å². The van der Waals surface area contributed by atoms with Gasteiger partial charge >= 0.3 is 0 Å². The van der Waals surface area contributed by atoms with Gasteiger partial charge in [0.2, 0.25) is 5.89 Å². The number of oxazole rings is 1. The minimum Gasteiger partial charge on any atom is -0.436 e. The second-order valence-corrected chi connectivity index (χ2v) is 12.9. The Bertz CT molecular complexity index is 2840. The van der Waals surface area contributed by atoms with Crippen LogP contribution in [0.25, 0.3) is 98.4 Å². The molecule has 0 aliphatic carbocycles. The van der Waals surface area contributed by atoms with E-state index in [1.54, 1.807) is 11.3 Å². The number of aromatic nitrogens is 4.